The molecule has 2 saturated heterocycles. The van der Waals surface area contributed by atoms with Gasteiger partial charge in [0.2, 0.25) is 11.8 Å². The Morgan fingerprint density at radius 2 is 1.64 bits per heavy atom. The van der Waals surface area contributed by atoms with Crippen molar-refractivity contribution in [1.82, 2.24) is 25.2 Å². The number of nitrogens with zero attached hydrogens (tertiary/aromatic N) is 4. The van der Waals surface area contributed by atoms with Gasteiger partial charge in [-0.1, -0.05) is 108 Å². The number of hydrogen-bond acceptors (Lipinski definition) is 9. The number of ether oxygens (including phenoxy) is 2. The van der Waals surface area contributed by atoms with E-state index in [0.29, 0.717) is 28.1 Å². The monoisotopic (exact) mass is 784 g/mol. The Labute approximate surface area is 340 Å². The number of carbonyl (C=O) groups is 3. The quantitative estimate of drug-likeness (QED) is 0.0941. The number of aliphatic hydroxyl groups excluding tert-OH is 1. The number of fused-ring (bicyclic) bond motifs is 4. The van der Waals surface area contributed by atoms with Gasteiger partial charge in [0.1, 0.15) is 42.0 Å². The van der Waals surface area contributed by atoms with E-state index >= 15 is 4.79 Å². The number of aromatic nitrogens is 3. The van der Waals surface area contributed by atoms with Crippen LogP contribution in [0.5, 0.6) is 5.75 Å². The van der Waals surface area contributed by atoms with E-state index in [-0.39, 0.29) is 26.3 Å². The smallest absolute Gasteiger partial charge is 0.324 e. The third kappa shape index (κ3) is 6.41. The third-order valence-corrected chi connectivity index (χ3v) is 11.4. The predicted octanol–water partition coefficient (Wildman–Crippen LogP) is 5.43. The maximum atomic E-state index is 15.3. The second kappa shape index (κ2) is 15.7. The summed E-state index contributed by atoms with van der Waals surface area (Å²) in [5.74, 6) is 4.18. The number of benzene rings is 5. The summed E-state index contributed by atoms with van der Waals surface area (Å²) >= 11 is 0. The van der Waals surface area contributed by atoms with E-state index in [1.165, 1.54) is 0 Å². The SMILES string of the molecule is C=CCNC(=O)[C@H]1[C@@H]2C(=O)O[C@@H](c3ccccc3)[C@@H](c3ccccc3)N2[C@@H](c2ccc(OCCO)cc2)[C@]12C(=O)Nc1ccc(C#CCn3nnc4ccccc43)cc12. The number of hydrogen-bond donors (Lipinski definition) is 3. The van der Waals surface area contributed by atoms with Crippen molar-refractivity contribution in [2.45, 2.75) is 36.2 Å². The highest BCUT2D eigenvalue weighted by Gasteiger charge is 2.74. The van der Waals surface area contributed by atoms with Gasteiger partial charge < -0.3 is 25.2 Å². The van der Waals surface area contributed by atoms with Gasteiger partial charge in [-0.15, -0.1) is 11.7 Å². The molecule has 2 fully saturated rings. The fourth-order valence-electron chi connectivity index (χ4n) is 9.11. The van der Waals surface area contributed by atoms with E-state index in [1.807, 2.05) is 114 Å². The Morgan fingerprint density at radius 3 is 2.39 bits per heavy atom. The number of morpholine rings is 1. The number of amides is 2. The molecule has 0 saturated carbocycles. The Kier molecular flexibility index (Phi) is 9.98. The van der Waals surface area contributed by atoms with Gasteiger partial charge in [0.05, 0.1) is 30.1 Å². The van der Waals surface area contributed by atoms with Crippen molar-refractivity contribution in [3.8, 4) is 17.6 Å². The third-order valence-electron chi connectivity index (χ3n) is 11.4. The molecule has 3 aliphatic heterocycles. The lowest BCUT2D eigenvalue weighted by Crippen LogP contribution is -2.54. The predicted molar refractivity (Wildman–Crippen MR) is 220 cm³/mol. The summed E-state index contributed by atoms with van der Waals surface area (Å²) in [6.45, 7) is 4.12. The Balaban J connectivity index is 1.26. The van der Waals surface area contributed by atoms with E-state index in [1.54, 1.807) is 29.0 Å². The number of rotatable bonds is 10. The highest BCUT2D eigenvalue weighted by atomic mass is 16.6. The maximum absolute atomic E-state index is 15.3. The molecule has 6 atom stereocenters. The normalized spacial score (nSPS) is 23.1. The van der Waals surface area contributed by atoms with E-state index in [2.05, 4.69) is 39.4 Å². The summed E-state index contributed by atoms with van der Waals surface area (Å²) in [4.78, 5) is 47.1. The van der Waals surface area contributed by atoms with Crippen LogP contribution in [-0.2, 0) is 31.1 Å². The van der Waals surface area contributed by atoms with Crippen molar-refractivity contribution in [3.05, 3.63) is 168 Å². The molecule has 59 heavy (non-hydrogen) atoms. The first-order valence-electron chi connectivity index (χ1n) is 19.5. The first-order chi connectivity index (χ1) is 28.9. The van der Waals surface area contributed by atoms with Gasteiger partial charge in [0.15, 0.2) is 0 Å². The molecule has 294 valence electrons. The minimum atomic E-state index is -1.67. The fourth-order valence-corrected chi connectivity index (χ4v) is 9.11. The van der Waals surface area contributed by atoms with Gasteiger partial charge in [0, 0.05) is 17.8 Å². The summed E-state index contributed by atoms with van der Waals surface area (Å²) < 4.78 is 13.9. The van der Waals surface area contributed by atoms with Crippen molar-refractivity contribution >= 4 is 34.5 Å². The molecule has 6 aromatic rings. The summed E-state index contributed by atoms with van der Waals surface area (Å²) in [7, 11) is 0. The minimum Gasteiger partial charge on any atom is -0.491 e. The second-order valence-corrected chi connectivity index (χ2v) is 14.7. The molecular weight excluding hydrogens is 745 g/mol. The molecule has 12 heteroatoms. The van der Waals surface area contributed by atoms with Crippen LogP contribution >= 0.6 is 0 Å². The van der Waals surface area contributed by atoms with E-state index in [0.717, 1.165) is 22.2 Å². The average molecular weight is 785 g/mol. The van der Waals surface area contributed by atoms with Gasteiger partial charge in [-0.05, 0) is 64.7 Å². The van der Waals surface area contributed by atoms with E-state index in [9.17, 15) is 14.7 Å². The summed E-state index contributed by atoms with van der Waals surface area (Å²) in [6.07, 6.45) is 0.768. The van der Waals surface area contributed by atoms with Gasteiger partial charge in [-0.25, -0.2) is 4.68 Å². The highest BCUT2D eigenvalue weighted by molar-refractivity contribution is 6.12. The fraction of sp³-hybridized carbons (Fsp3) is 0.213. The lowest BCUT2D eigenvalue weighted by Gasteiger charge is -2.46. The molecule has 12 nitrogen and oxygen atoms in total. The van der Waals surface area contributed by atoms with Crippen LogP contribution in [0.1, 0.15) is 46.0 Å². The summed E-state index contributed by atoms with van der Waals surface area (Å²) in [5, 5.41) is 24.0. The molecule has 1 aromatic heterocycles. The zero-order valence-electron chi connectivity index (χ0n) is 31.9. The van der Waals surface area contributed by atoms with Crippen LogP contribution in [0, 0.1) is 17.8 Å². The van der Waals surface area contributed by atoms with Gasteiger partial charge in [0.25, 0.3) is 0 Å². The molecule has 0 bridgehead atoms. The standard InChI is InChI=1S/C47H40N6O6/c1-2-25-48-44(55)39-41-45(56)59-42(32-15-7-4-8-16-32)40(31-13-5-3-6-14-31)53(41)43(33-20-22-34(23-21-33)58-28-27-54)47(39)35-29-30(19-24-36(35)49-46(47)57)12-11-26-52-38-18-10-9-17-37(38)50-51-52/h2-10,13-24,29,39-43,54H,1,25-28H2,(H,48,55)(H,49,57)/t39-,40-,41-,42+,43+,47-/m1/s1. The second-order valence-electron chi connectivity index (χ2n) is 14.7. The van der Waals surface area contributed by atoms with Crippen LogP contribution in [0.15, 0.2) is 140 Å². The van der Waals surface area contributed by atoms with Crippen molar-refractivity contribution in [2.75, 3.05) is 25.1 Å². The summed E-state index contributed by atoms with van der Waals surface area (Å²) in [6, 6.07) is 36.9. The molecule has 0 aliphatic carbocycles. The maximum Gasteiger partial charge on any atom is 0.324 e. The molecule has 2 amide bonds. The first-order valence-corrected chi connectivity index (χ1v) is 19.5. The number of nitrogens with one attached hydrogen (secondary N) is 2. The molecule has 0 radical (unpaired) electrons. The van der Waals surface area contributed by atoms with Crippen LogP contribution in [-0.4, -0.2) is 68.6 Å². The molecule has 9 rings (SSSR count). The first kappa shape index (κ1) is 37.5. The number of cyclic esters (lactones) is 1. The van der Waals surface area contributed by atoms with Gasteiger partial charge >= 0.3 is 5.97 Å². The van der Waals surface area contributed by atoms with Crippen molar-refractivity contribution < 1.29 is 29.0 Å². The zero-order valence-corrected chi connectivity index (χ0v) is 31.9. The van der Waals surface area contributed by atoms with Crippen LogP contribution in [0.3, 0.4) is 0 Å². The number of carbonyl (C=O) groups excluding carboxylic acids is 3. The average Bonchev–Trinajstić information content (AvgIpc) is 3.93. The van der Waals surface area contributed by atoms with Crippen molar-refractivity contribution in [3.63, 3.8) is 0 Å². The Morgan fingerprint density at radius 1 is 0.915 bits per heavy atom. The highest BCUT2D eigenvalue weighted by Crippen LogP contribution is 2.64. The Bertz CT molecular complexity index is 2620. The van der Waals surface area contributed by atoms with Crippen molar-refractivity contribution in [1.29, 1.82) is 0 Å². The molecular formula is C47H40N6O6. The van der Waals surface area contributed by atoms with Gasteiger partial charge in [-0.3, -0.25) is 19.3 Å². The topological polar surface area (TPSA) is 148 Å². The lowest BCUT2D eigenvalue weighted by molar-refractivity contribution is -0.178. The lowest BCUT2D eigenvalue weighted by atomic mass is 9.65. The van der Waals surface area contributed by atoms with Crippen LogP contribution in [0.25, 0.3) is 11.0 Å². The van der Waals surface area contributed by atoms with Crippen LogP contribution in [0.2, 0.25) is 0 Å². The minimum absolute atomic E-state index is 0.0971. The largest absolute Gasteiger partial charge is 0.491 e. The summed E-state index contributed by atoms with van der Waals surface area (Å²) in [5.41, 5.74) is 3.88. The number of para-hydroxylation sites is 1. The van der Waals surface area contributed by atoms with Crippen LogP contribution in [0.4, 0.5) is 5.69 Å². The number of anilines is 1. The molecule has 0 unspecified atom stereocenters. The molecule has 4 heterocycles. The molecule has 1 spiro atoms. The molecule has 5 aromatic carbocycles. The molecule has 3 N–H and O–H groups in total. The van der Waals surface area contributed by atoms with E-state index < -0.39 is 53.3 Å². The number of esters is 1. The van der Waals surface area contributed by atoms with Crippen LogP contribution < -0.4 is 15.4 Å². The van der Waals surface area contributed by atoms with E-state index in [4.69, 9.17) is 9.47 Å². The molecule has 3 aliphatic rings. The number of aliphatic hydroxyl groups is 1. The Hall–Kier alpha value is -7.07. The van der Waals surface area contributed by atoms with Gasteiger partial charge in [-0.2, -0.15) is 0 Å². The van der Waals surface area contributed by atoms with Crippen molar-refractivity contribution in [2.24, 2.45) is 5.92 Å². The zero-order chi connectivity index (χ0) is 40.5.